The lowest BCUT2D eigenvalue weighted by molar-refractivity contribution is -0.137. The van der Waals surface area contributed by atoms with Gasteiger partial charge in [0.1, 0.15) is 5.75 Å². The Balaban J connectivity index is 2.61. The molecular formula is C12H14N2O5S. The van der Waals surface area contributed by atoms with Crippen LogP contribution < -0.4 is 9.46 Å². The van der Waals surface area contributed by atoms with E-state index < -0.39 is 16.0 Å². The average molecular weight is 298 g/mol. The first-order valence-corrected chi connectivity index (χ1v) is 7.25. The number of carboxylic acids is 1. The van der Waals surface area contributed by atoms with E-state index in [1.54, 1.807) is 0 Å². The molecule has 0 saturated carbocycles. The number of carboxylic acid groups (broad SMARTS) is 1. The molecule has 0 fully saturated rings. The summed E-state index contributed by atoms with van der Waals surface area (Å²) < 4.78 is 31.0. The minimum absolute atomic E-state index is 0.0157. The maximum atomic E-state index is 11.8. The molecule has 0 atom stereocenters. The molecule has 0 saturated heterocycles. The van der Waals surface area contributed by atoms with E-state index in [1.807, 2.05) is 6.07 Å². The predicted molar refractivity (Wildman–Crippen MR) is 69.6 cm³/mol. The number of nitrogens with zero attached hydrogens (tertiary/aromatic N) is 1. The van der Waals surface area contributed by atoms with Crippen LogP contribution in [0.2, 0.25) is 0 Å². The van der Waals surface area contributed by atoms with Crippen molar-refractivity contribution >= 4 is 16.0 Å². The third-order valence-corrected chi connectivity index (χ3v) is 3.72. The van der Waals surface area contributed by atoms with E-state index in [4.69, 9.17) is 15.1 Å². The van der Waals surface area contributed by atoms with Crippen molar-refractivity contribution in [2.24, 2.45) is 0 Å². The van der Waals surface area contributed by atoms with Gasteiger partial charge in [-0.1, -0.05) is 0 Å². The van der Waals surface area contributed by atoms with Crippen LogP contribution in [-0.2, 0) is 14.8 Å². The van der Waals surface area contributed by atoms with Crippen LogP contribution in [0.5, 0.6) is 5.75 Å². The number of hydrogen-bond acceptors (Lipinski definition) is 5. The Morgan fingerprint density at radius 2 is 2.00 bits per heavy atom. The minimum Gasteiger partial charge on any atom is -0.493 e. The van der Waals surface area contributed by atoms with Gasteiger partial charge in [0, 0.05) is 13.0 Å². The van der Waals surface area contributed by atoms with Gasteiger partial charge in [-0.2, -0.15) is 5.26 Å². The van der Waals surface area contributed by atoms with E-state index in [-0.39, 0.29) is 30.9 Å². The van der Waals surface area contributed by atoms with Gasteiger partial charge in [0.25, 0.3) is 0 Å². The number of carbonyl (C=O) groups is 1. The molecule has 20 heavy (non-hydrogen) atoms. The molecule has 0 bridgehead atoms. The molecule has 0 aliphatic rings. The fourth-order valence-corrected chi connectivity index (χ4v) is 2.33. The predicted octanol–water partition coefficient (Wildman–Crippen LogP) is 0.732. The summed E-state index contributed by atoms with van der Waals surface area (Å²) in [5.41, 5.74) is 0. The van der Waals surface area contributed by atoms with Crippen molar-refractivity contribution < 1.29 is 23.1 Å². The van der Waals surface area contributed by atoms with Crippen LogP contribution >= 0.6 is 0 Å². The quantitative estimate of drug-likeness (QED) is 0.683. The fraction of sp³-hybridized carbons (Fsp3) is 0.333. The Kier molecular flexibility index (Phi) is 5.96. The summed E-state index contributed by atoms with van der Waals surface area (Å²) in [6, 6.07) is 7.43. The monoisotopic (exact) mass is 298 g/mol. The van der Waals surface area contributed by atoms with Crippen molar-refractivity contribution in [3.8, 4) is 11.8 Å². The minimum atomic E-state index is -3.63. The molecule has 0 heterocycles. The third-order valence-electron chi connectivity index (χ3n) is 2.25. The highest BCUT2D eigenvalue weighted by Gasteiger charge is 2.13. The van der Waals surface area contributed by atoms with Crippen molar-refractivity contribution in [2.45, 2.75) is 17.7 Å². The standard InChI is InChI=1S/C12H14N2O5S/c13-7-1-8-14-20(17,18)11-4-2-10(3-5-11)19-9-6-12(15)16/h2-5,14H,1,6,8-9H2,(H,15,16). The number of nitrogens with one attached hydrogen (secondary N) is 1. The molecule has 7 nitrogen and oxygen atoms in total. The van der Waals surface area contributed by atoms with Crippen LogP contribution in [-0.4, -0.2) is 32.6 Å². The van der Waals surface area contributed by atoms with Crippen LogP contribution in [0.3, 0.4) is 0 Å². The first kappa shape index (κ1) is 15.9. The number of benzene rings is 1. The number of ether oxygens (including phenoxy) is 1. The molecular weight excluding hydrogens is 284 g/mol. The highest BCUT2D eigenvalue weighted by Crippen LogP contribution is 2.16. The van der Waals surface area contributed by atoms with Gasteiger partial charge in [0.05, 0.1) is 24.0 Å². The molecule has 0 amide bonds. The first-order chi connectivity index (χ1) is 9.45. The van der Waals surface area contributed by atoms with Gasteiger partial charge >= 0.3 is 5.97 Å². The average Bonchev–Trinajstić information content (AvgIpc) is 2.39. The molecule has 0 radical (unpaired) electrons. The summed E-state index contributed by atoms with van der Waals surface area (Å²) in [5.74, 6) is -0.576. The maximum absolute atomic E-state index is 11.8. The zero-order valence-electron chi connectivity index (χ0n) is 10.6. The lowest BCUT2D eigenvalue weighted by atomic mass is 10.3. The molecule has 0 aliphatic carbocycles. The Bertz CT molecular complexity index is 589. The topological polar surface area (TPSA) is 116 Å². The number of hydrogen-bond donors (Lipinski definition) is 2. The van der Waals surface area contributed by atoms with Crippen molar-refractivity contribution in [3.63, 3.8) is 0 Å². The number of rotatable bonds is 8. The largest absolute Gasteiger partial charge is 0.493 e. The SMILES string of the molecule is N#CCCNS(=O)(=O)c1ccc(OCCC(=O)O)cc1. The van der Waals surface area contributed by atoms with Gasteiger partial charge in [-0.3, -0.25) is 4.79 Å². The van der Waals surface area contributed by atoms with E-state index in [9.17, 15) is 13.2 Å². The summed E-state index contributed by atoms with van der Waals surface area (Å²) >= 11 is 0. The number of nitriles is 1. The van der Waals surface area contributed by atoms with Gasteiger partial charge in [-0.05, 0) is 24.3 Å². The van der Waals surface area contributed by atoms with Gasteiger partial charge < -0.3 is 9.84 Å². The van der Waals surface area contributed by atoms with Crippen molar-refractivity contribution in [1.29, 1.82) is 5.26 Å². The smallest absolute Gasteiger partial charge is 0.306 e. The molecule has 1 aromatic carbocycles. The van der Waals surface area contributed by atoms with E-state index in [1.165, 1.54) is 24.3 Å². The van der Waals surface area contributed by atoms with E-state index in [0.717, 1.165) is 0 Å². The lowest BCUT2D eigenvalue weighted by Crippen LogP contribution is -2.24. The Morgan fingerprint density at radius 1 is 1.35 bits per heavy atom. The van der Waals surface area contributed by atoms with Crippen molar-refractivity contribution in [3.05, 3.63) is 24.3 Å². The molecule has 0 spiro atoms. The Hall–Kier alpha value is -2.11. The summed E-state index contributed by atoms with van der Waals surface area (Å²) in [7, 11) is -3.63. The molecule has 8 heteroatoms. The zero-order chi connectivity index (χ0) is 15.0. The normalized spacial score (nSPS) is 10.8. The van der Waals surface area contributed by atoms with Gasteiger partial charge in [-0.15, -0.1) is 0 Å². The molecule has 1 rings (SSSR count). The molecule has 2 N–H and O–H groups in total. The van der Waals surface area contributed by atoms with Gasteiger partial charge in [-0.25, -0.2) is 13.1 Å². The fourth-order valence-electron chi connectivity index (χ4n) is 1.30. The molecule has 1 aromatic rings. The highest BCUT2D eigenvalue weighted by atomic mass is 32.2. The van der Waals surface area contributed by atoms with Crippen LogP contribution in [0.1, 0.15) is 12.8 Å². The third kappa shape index (κ3) is 5.26. The van der Waals surface area contributed by atoms with Crippen LogP contribution in [0.15, 0.2) is 29.2 Å². The maximum Gasteiger partial charge on any atom is 0.306 e. The van der Waals surface area contributed by atoms with Gasteiger partial charge in [0.15, 0.2) is 0 Å². The Labute approximate surface area is 116 Å². The Morgan fingerprint density at radius 3 is 2.55 bits per heavy atom. The first-order valence-electron chi connectivity index (χ1n) is 5.77. The molecule has 0 unspecified atom stereocenters. The molecule has 0 aliphatic heterocycles. The molecule has 108 valence electrons. The second-order valence-electron chi connectivity index (χ2n) is 3.77. The lowest BCUT2D eigenvalue weighted by Gasteiger charge is -2.07. The zero-order valence-corrected chi connectivity index (χ0v) is 11.4. The van der Waals surface area contributed by atoms with E-state index in [0.29, 0.717) is 5.75 Å². The van der Waals surface area contributed by atoms with E-state index >= 15 is 0 Å². The summed E-state index contributed by atoms with van der Waals surface area (Å²) in [6.07, 6.45) is -0.0363. The second-order valence-corrected chi connectivity index (χ2v) is 5.54. The van der Waals surface area contributed by atoms with Gasteiger partial charge in [0.2, 0.25) is 10.0 Å². The molecule has 0 aromatic heterocycles. The second kappa shape index (κ2) is 7.47. The van der Waals surface area contributed by atoms with Crippen LogP contribution in [0, 0.1) is 11.3 Å². The van der Waals surface area contributed by atoms with Crippen molar-refractivity contribution in [2.75, 3.05) is 13.2 Å². The van der Waals surface area contributed by atoms with Crippen LogP contribution in [0.4, 0.5) is 0 Å². The van der Waals surface area contributed by atoms with E-state index in [2.05, 4.69) is 4.72 Å². The summed E-state index contributed by atoms with van der Waals surface area (Å²) in [4.78, 5) is 10.4. The summed E-state index contributed by atoms with van der Waals surface area (Å²) in [5, 5.41) is 16.8. The van der Waals surface area contributed by atoms with Crippen molar-refractivity contribution in [1.82, 2.24) is 4.72 Å². The highest BCUT2D eigenvalue weighted by molar-refractivity contribution is 7.89. The summed E-state index contributed by atoms with van der Waals surface area (Å²) in [6.45, 7) is 0.0670. The van der Waals surface area contributed by atoms with Crippen LogP contribution in [0.25, 0.3) is 0 Å². The number of sulfonamides is 1. The number of aliphatic carboxylic acids is 1.